The molecule has 2 aliphatic carbocycles. The zero-order valence-corrected chi connectivity index (χ0v) is 14.1. The molecule has 0 saturated heterocycles. The number of alkyl carbamates (subject to hydrolysis) is 1. The van der Waals surface area contributed by atoms with Gasteiger partial charge in [0.1, 0.15) is 5.60 Å². The van der Waals surface area contributed by atoms with Gasteiger partial charge >= 0.3 is 6.09 Å². The molecule has 124 valence electrons. The molecule has 0 aromatic heterocycles. The third-order valence-corrected chi connectivity index (χ3v) is 5.27. The van der Waals surface area contributed by atoms with Gasteiger partial charge in [0.2, 0.25) is 0 Å². The number of fused-ring (bicyclic) bond motifs is 7. The van der Waals surface area contributed by atoms with Gasteiger partial charge < -0.3 is 14.8 Å². The highest BCUT2D eigenvalue weighted by molar-refractivity contribution is 5.69. The van der Waals surface area contributed by atoms with E-state index in [4.69, 9.17) is 9.47 Å². The summed E-state index contributed by atoms with van der Waals surface area (Å²) in [6.45, 7) is 6.82. The van der Waals surface area contributed by atoms with E-state index in [9.17, 15) is 4.79 Å². The molecule has 23 heavy (non-hydrogen) atoms. The molecule has 1 saturated carbocycles. The van der Waals surface area contributed by atoms with Crippen LogP contribution in [-0.4, -0.2) is 18.3 Å². The SMILES string of the molecule is CC(C)(C)OC(=O)NC1COCc2ccc3c(c21)C1CCC3C1. The number of carbonyl (C=O) groups excluding carboxylic acids is 1. The molecule has 3 unspecified atom stereocenters. The number of benzene rings is 1. The zero-order chi connectivity index (χ0) is 16.2. The van der Waals surface area contributed by atoms with Crippen LogP contribution in [0.2, 0.25) is 0 Å². The lowest BCUT2D eigenvalue weighted by atomic mass is 9.82. The van der Waals surface area contributed by atoms with Crippen LogP contribution < -0.4 is 5.32 Å². The zero-order valence-electron chi connectivity index (χ0n) is 14.1. The van der Waals surface area contributed by atoms with Gasteiger partial charge in [-0.15, -0.1) is 0 Å². The van der Waals surface area contributed by atoms with Gasteiger partial charge in [0.05, 0.1) is 19.3 Å². The molecule has 1 aromatic rings. The molecule has 1 aromatic carbocycles. The van der Waals surface area contributed by atoms with Crippen LogP contribution in [0.15, 0.2) is 12.1 Å². The minimum atomic E-state index is -0.486. The van der Waals surface area contributed by atoms with Crippen molar-refractivity contribution in [3.63, 3.8) is 0 Å². The van der Waals surface area contributed by atoms with Crippen molar-refractivity contribution >= 4 is 6.09 Å². The maximum atomic E-state index is 12.2. The van der Waals surface area contributed by atoms with Crippen LogP contribution in [0.1, 0.15) is 80.2 Å². The topological polar surface area (TPSA) is 47.6 Å². The quantitative estimate of drug-likeness (QED) is 0.847. The number of nitrogens with one attached hydrogen (secondary N) is 1. The van der Waals surface area contributed by atoms with E-state index in [-0.39, 0.29) is 12.1 Å². The van der Waals surface area contributed by atoms with Crippen molar-refractivity contribution in [3.8, 4) is 0 Å². The van der Waals surface area contributed by atoms with E-state index < -0.39 is 5.60 Å². The van der Waals surface area contributed by atoms with Crippen LogP contribution in [0.4, 0.5) is 4.79 Å². The van der Waals surface area contributed by atoms with Gasteiger partial charge in [-0.05, 0) is 74.1 Å². The summed E-state index contributed by atoms with van der Waals surface area (Å²) in [5, 5.41) is 3.03. The Balaban J connectivity index is 1.65. The molecule has 4 rings (SSSR count). The van der Waals surface area contributed by atoms with E-state index in [1.165, 1.54) is 41.5 Å². The van der Waals surface area contributed by atoms with Crippen LogP contribution in [0, 0.1) is 0 Å². The highest BCUT2D eigenvalue weighted by atomic mass is 16.6. The van der Waals surface area contributed by atoms with E-state index in [2.05, 4.69) is 17.4 Å². The van der Waals surface area contributed by atoms with Crippen molar-refractivity contribution in [1.29, 1.82) is 0 Å². The smallest absolute Gasteiger partial charge is 0.408 e. The first-order valence-corrected chi connectivity index (χ1v) is 8.65. The average Bonchev–Trinajstić information content (AvgIpc) is 3.06. The molecule has 2 bridgehead atoms. The fourth-order valence-electron chi connectivity index (χ4n) is 4.51. The normalized spacial score (nSPS) is 28.2. The number of hydrogen-bond donors (Lipinski definition) is 1. The lowest BCUT2D eigenvalue weighted by molar-refractivity contribution is 0.0388. The Morgan fingerprint density at radius 1 is 1.22 bits per heavy atom. The molecule has 3 aliphatic rings. The maximum absolute atomic E-state index is 12.2. The van der Waals surface area contributed by atoms with Crippen molar-refractivity contribution in [2.24, 2.45) is 0 Å². The molecule has 1 N–H and O–H groups in total. The molecule has 4 nitrogen and oxygen atoms in total. The van der Waals surface area contributed by atoms with Crippen LogP contribution >= 0.6 is 0 Å². The molecule has 0 radical (unpaired) electrons. The highest BCUT2D eigenvalue weighted by Gasteiger charge is 2.41. The number of hydrogen-bond acceptors (Lipinski definition) is 3. The Morgan fingerprint density at radius 3 is 2.78 bits per heavy atom. The van der Waals surface area contributed by atoms with E-state index in [1.54, 1.807) is 0 Å². The summed E-state index contributed by atoms with van der Waals surface area (Å²) in [5.74, 6) is 1.40. The van der Waals surface area contributed by atoms with Crippen molar-refractivity contribution in [2.75, 3.05) is 6.61 Å². The van der Waals surface area contributed by atoms with Gasteiger partial charge in [-0.2, -0.15) is 0 Å². The predicted octanol–water partition coefficient (Wildman–Crippen LogP) is 4.15. The van der Waals surface area contributed by atoms with Gasteiger partial charge in [-0.1, -0.05) is 12.1 Å². The Labute approximate surface area is 137 Å². The summed E-state index contributed by atoms with van der Waals surface area (Å²) in [6, 6.07) is 4.39. The van der Waals surface area contributed by atoms with Gasteiger partial charge in [-0.3, -0.25) is 0 Å². The van der Waals surface area contributed by atoms with Gasteiger partial charge in [0.25, 0.3) is 0 Å². The molecule has 1 amide bonds. The Kier molecular flexibility index (Phi) is 3.41. The Bertz CT molecular complexity index is 647. The van der Waals surface area contributed by atoms with Crippen molar-refractivity contribution in [1.82, 2.24) is 5.32 Å². The number of carbonyl (C=O) groups is 1. The first kappa shape index (κ1) is 15.0. The maximum Gasteiger partial charge on any atom is 0.408 e. The molecule has 1 fully saturated rings. The van der Waals surface area contributed by atoms with Crippen molar-refractivity contribution in [2.45, 2.75) is 70.1 Å². The Hall–Kier alpha value is -1.55. The standard InChI is InChI=1S/C19H25NO3/c1-19(2,3)23-18(21)20-15-10-22-9-13-6-7-14-11-4-5-12(8-11)16(14)17(13)15/h6-7,11-12,15H,4-5,8-10H2,1-3H3,(H,20,21). The summed E-state index contributed by atoms with van der Waals surface area (Å²) in [7, 11) is 0. The van der Waals surface area contributed by atoms with Crippen LogP contribution in [0.3, 0.4) is 0 Å². The van der Waals surface area contributed by atoms with E-state index in [0.717, 1.165) is 5.92 Å². The van der Waals surface area contributed by atoms with E-state index in [1.807, 2.05) is 20.8 Å². The third-order valence-electron chi connectivity index (χ3n) is 5.27. The summed E-state index contributed by atoms with van der Waals surface area (Å²) in [4.78, 5) is 12.2. The molecular formula is C19H25NO3. The summed E-state index contributed by atoms with van der Waals surface area (Å²) >= 11 is 0. The molecule has 1 heterocycles. The second-order valence-electron chi connectivity index (χ2n) is 8.06. The van der Waals surface area contributed by atoms with Crippen LogP contribution in [0.25, 0.3) is 0 Å². The van der Waals surface area contributed by atoms with Crippen molar-refractivity contribution in [3.05, 3.63) is 34.4 Å². The molecular weight excluding hydrogens is 290 g/mol. The second-order valence-corrected chi connectivity index (χ2v) is 8.06. The predicted molar refractivity (Wildman–Crippen MR) is 87.5 cm³/mol. The molecule has 3 atom stereocenters. The average molecular weight is 315 g/mol. The van der Waals surface area contributed by atoms with Gasteiger partial charge in [0, 0.05) is 0 Å². The first-order chi connectivity index (χ1) is 10.9. The van der Waals surface area contributed by atoms with Gasteiger partial charge in [0.15, 0.2) is 0 Å². The molecule has 0 spiro atoms. The number of amides is 1. The lowest BCUT2D eigenvalue weighted by Gasteiger charge is -2.32. The monoisotopic (exact) mass is 315 g/mol. The minimum absolute atomic E-state index is 0.0945. The van der Waals surface area contributed by atoms with E-state index in [0.29, 0.717) is 19.1 Å². The van der Waals surface area contributed by atoms with Crippen LogP contribution in [0.5, 0.6) is 0 Å². The summed E-state index contributed by atoms with van der Waals surface area (Å²) in [5.41, 5.74) is 5.07. The first-order valence-electron chi connectivity index (χ1n) is 8.65. The minimum Gasteiger partial charge on any atom is -0.444 e. The fourth-order valence-corrected chi connectivity index (χ4v) is 4.51. The summed E-state index contributed by atoms with van der Waals surface area (Å²) < 4.78 is 11.1. The second kappa shape index (κ2) is 5.23. The number of rotatable bonds is 1. The van der Waals surface area contributed by atoms with Crippen LogP contribution in [-0.2, 0) is 16.1 Å². The largest absolute Gasteiger partial charge is 0.444 e. The van der Waals surface area contributed by atoms with Crippen molar-refractivity contribution < 1.29 is 14.3 Å². The molecule has 4 heteroatoms. The Morgan fingerprint density at radius 2 is 2.00 bits per heavy atom. The number of ether oxygens (including phenoxy) is 2. The third kappa shape index (κ3) is 2.63. The fraction of sp³-hybridized carbons (Fsp3) is 0.632. The lowest BCUT2D eigenvalue weighted by Crippen LogP contribution is -2.39. The molecule has 1 aliphatic heterocycles. The van der Waals surface area contributed by atoms with Gasteiger partial charge in [-0.25, -0.2) is 4.79 Å². The van der Waals surface area contributed by atoms with E-state index >= 15 is 0 Å². The summed E-state index contributed by atoms with van der Waals surface area (Å²) in [6.07, 6.45) is 3.52. The highest BCUT2D eigenvalue weighted by Crippen LogP contribution is 2.55.